The van der Waals surface area contributed by atoms with Crippen LogP contribution < -0.4 is 10.2 Å². The molecule has 2 heterocycles. The molecule has 7 nitrogen and oxygen atoms in total. The first-order chi connectivity index (χ1) is 13.1. The quantitative estimate of drug-likeness (QED) is 0.836. The van der Waals surface area contributed by atoms with Crippen LogP contribution in [0.3, 0.4) is 0 Å². The highest BCUT2D eigenvalue weighted by Gasteiger charge is 2.41. The van der Waals surface area contributed by atoms with Crippen LogP contribution in [0.2, 0.25) is 0 Å². The standard InChI is InChI=1S/C20H26N4O3/c25-18(23-12-10-22(11-13-23)16-4-2-1-3-5-16)14-17-19(26)21-8-9-24(17)20(27)15-6-7-15/h1-5,15,17H,6-14H2,(H,21,26)/t17-/m1/s1. The summed E-state index contributed by atoms with van der Waals surface area (Å²) in [6.07, 6.45) is 1.88. The third kappa shape index (κ3) is 3.91. The molecule has 2 saturated heterocycles. The van der Waals surface area contributed by atoms with Crippen molar-refractivity contribution in [2.75, 3.05) is 44.2 Å². The molecule has 1 aliphatic carbocycles. The summed E-state index contributed by atoms with van der Waals surface area (Å²) in [4.78, 5) is 43.3. The summed E-state index contributed by atoms with van der Waals surface area (Å²) in [5.41, 5.74) is 1.16. The Morgan fingerprint density at radius 1 is 1.00 bits per heavy atom. The lowest BCUT2D eigenvalue weighted by Crippen LogP contribution is -2.59. The molecule has 2 aliphatic heterocycles. The van der Waals surface area contributed by atoms with Crippen molar-refractivity contribution < 1.29 is 14.4 Å². The molecule has 0 unspecified atom stereocenters. The van der Waals surface area contributed by atoms with Crippen LogP contribution in [-0.4, -0.2) is 72.8 Å². The van der Waals surface area contributed by atoms with Crippen LogP contribution in [0.5, 0.6) is 0 Å². The molecule has 1 aromatic rings. The Morgan fingerprint density at radius 3 is 2.37 bits per heavy atom. The monoisotopic (exact) mass is 370 g/mol. The summed E-state index contributed by atoms with van der Waals surface area (Å²) in [6, 6.07) is 9.51. The second-order valence-electron chi connectivity index (χ2n) is 7.52. The normalized spacial score (nSPS) is 23.2. The van der Waals surface area contributed by atoms with E-state index in [2.05, 4.69) is 22.3 Å². The smallest absolute Gasteiger partial charge is 0.243 e. The van der Waals surface area contributed by atoms with Crippen molar-refractivity contribution in [2.45, 2.75) is 25.3 Å². The molecule has 3 fully saturated rings. The second-order valence-corrected chi connectivity index (χ2v) is 7.52. The number of carbonyl (C=O) groups excluding carboxylic acids is 3. The van der Waals surface area contributed by atoms with Crippen molar-refractivity contribution in [3.05, 3.63) is 30.3 Å². The molecule has 1 aromatic carbocycles. The van der Waals surface area contributed by atoms with E-state index in [4.69, 9.17) is 0 Å². The Labute approximate surface area is 159 Å². The molecule has 1 saturated carbocycles. The number of hydrogen-bond acceptors (Lipinski definition) is 4. The third-order valence-electron chi connectivity index (χ3n) is 5.66. The zero-order valence-electron chi connectivity index (χ0n) is 15.5. The Morgan fingerprint density at radius 2 is 1.70 bits per heavy atom. The van der Waals surface area contributed by atoms with Gasteiger partial charge in [0.25, 0.3) is 0 Å². The van der Waals surface area contributed by atoms with Gasteiger partial charge in [-0.05, 0) is 25.0 Å². The first-order valence-corrected chi connectivity index (χ1v) is 9.79. The van der Waals surface area contributed by atoms with Crippen molar-refractivity contribution in [1.82, 2.24) is 15.1 Å². The lowest BCUT2D eigenvalue weighted by molar-refractivity contribution is -0.147. The molecule has 1 N–H and O–H groups in total. The molecule has 3 aliphatic rings. The SMILES string of the molecule is O=C1NCCN(C(=O)C2CC2)[C@@H]1CC(=O)N1CCN(c2ccccc2)CC1. The zero-order valence-corrected chi connectivity index (χ0v) is 15.5. The fraction of sp³-hybridized carbons (Fsp3) is 0.550. The molecule has 4 rings (SSSR count). The predicted molar refractivity (Wildman–Crippen MR) is 101 cm³/mol. The van der Waals surface area contributed by atoms with E-state index < -0.39 is 6.04 Å². The Kier molecular flexibility index (Phi) is 5.01. The number of nitrogens with one attached hydrogen (secondary N) is 1. The van der Waals surface area contributed by atoms with Crippen molar-refractivity contribution in [2.24, 2.45) is 5.92 Å². The van der Waals surface area contributed by atoms with E-state index >= 15 is 0 Å². The summed E-state index contributed by atoms with van der Waals surface area (Å²) in [7, 11) is 0. The van der Waals surface area contributed by atoms with Crippen molar-refractivity contribution in [1.29, 1.82) is 0 Å². The number of para-hydroxylation sites is 1. The molecule has 3 amide bonds. The van der Waals surface area contributed by atoms with Crippen LogP contribution in [0, 0.1) is 5.92 Å². The van der Waals surface area contributed by atoms with E-state index in [1.54, 1.807) is 4.90 Å². The van der Waals surface area contributed by atoms with Gasteiger partial charge in [-0.25, -0.2) is 0 Å². The van der Waals surface area contributed by atoms with E-state index in [9.17, 15) is 14.4 Å². The lowest BCUT2D eigenvalue weighted by atomic mass is 10.1. The maximum absolute atomic E-state index is 12.8. The highest BCUT2D eigenvalue weighted by atomic mass is 16.2. The minimum atomic E-state index is -0.661. The fourth-order valence-electron chi connectivity index (χ4n) is 3.89. The topological polar surface area (TPSA) is 73.0 Å². The van der Waals surface area contributed by atoms with Gasteiger partial charge in [0.1, 0.15) is 6.04 Å². The first-order valence-electron chi connectivity index (χ1n) is 9.79. The largest absolute Gasteiger partial charge is 0.368 e. The molecule has 1 atom stereocenters. The summed E-state index contributed by atoms with van der Waals surface area (Å²) in [5.74, 6) is -0.149. The van der Waals surface area contributed by atoms with Crippen molar-refractivity contribution in [3.63, 3.8) is 0 Å². The van der Waals surface area contributed by atoms with Gasteiger partial charge < -0.3 is 20.0 Å². The lowest BCUT2D eigenvalue weighted by Gasteiger charge is -2.39. The van der Waals surface area contributed by atoms with Gasteiger partial charge in [0.05, 0.1) is 6.42 Å². The Hall–Kier alpha value is -2.57. The molecule has 27 heavy (non-hydrogen) atoms. The summed E-state index contributed by atoms with van der Waals surface area (Å²) < 4.78 is 0. The van der Waals surface area contributed by atoms with E-state index in [1.807, 2.05) is 23.1 Å². The first kappa shape index (κ1) is 17.8. The maximum atomic E-state index is 12.8. The van der Waals surface area contributed by atoms with Crippen LogP contribution in [0.25, 0.3) is 0 Å². The number of carbonyl (C=O) groups is 3. The number of rotatable bonds is 4. The van der Waals surface area contributed by atoms with Crippen molar-refractivity contribution in [3.8, 4) is 0 Å². The van der Waals surface area contributed by atoms with Crippen molar-refractivity contribution >= 4 is 23.4 Å². The van der Waals surface area contributed by atoms with Crippen LogP contribution >= 0.6 is 0 Å². The number of anilines is 1. The van der Waals surface area contributed by atoms with Crippen LogP contribution in [0.15, 0.2) is 30.3 Å². The third-order valence-corrected chi connectivity index (χ3v) is 5.66. The van der Waals surface area contributed by atoms with E-state index in [1.165, 1.54) is 0 Å². The number of piperazine rings is 2. The highest BCUT2D eigenvalue weighted by Crippen LogP contribution is 2.32. The van der Waals surface area contributed by atoms with Crippen LogP contribution in [0.1, 0.15) is 19.3 Å². The van der Waals surface area contributed by atoms with Gasteiger partial charge in [-0.15, -0.1) is 0 Å². The molecule has 0 bridgehead atoms. The van der Waals surface area contributed by atoms with Gasteiger partial charge in [0.15, 0.2) is 0 Å². The molecular formula is C20H26N4O3. The number of benzene rings is 1. The van der Waals surface area contributed by atoms with Crippen LogP contribution in [-0.2, 0) is 14.4 Å². The molecule has 144 valence electrons. The second kappa shape index (κ2) is 7.58. The van der Waals surface area contributed by atoms with E-state index in [-0.39, 0.29) is 30.1 Å². The maximum Gasteiger partial charge on any atom is 0.243 e. The van der Waals surface area contributed by atoms with Crippen LogP contribution in [0.4, 0.5) is 5.69 Å². The van der Waals surface area contributed by atoms with Gasteiger partial charge in [0.2, 0.25) is 17.7 Å². The summed E-state index contributed by atoms with van der Waals surface area (Å²) >= 11 is 0. The Bertz CT molecular complexity index is 711. The Balaban J connectivity index is 1.35. The minimum Gasteiger partial charge on any atom is -0.368 e. The van der Waals surface area contributed by atoms with Gasteiger partial charge >= 0.3 is 0 Å². The number of hydrogen-bond donors (Lipinski definition) is 1. The molecule has 7 heteroatoms. The molecule has 0 spiro atoms. The predicted octanol–water partition coefficient (Wildman–Crippen LogP) is 0.462. The van der Waals surface area contributed by atoms with E-state index in [0.29, 0.717) is 26.2 Å². The summed E-state index contributed by atoms with van der Waals surface area (Å²) in [6.45, 7) is 3.80. The van der Waals surface area contributed by atoms with Gasteiger partial charge in [-0.1, -0.05) is 18.2 Å². The summed E-state index contributed by atoms with van der Waals surface area (Å²) in [5, 5.41) is 2.80. The molecule has 0 aromatic heterocycles. The fourth-order valence-corrected chi connectivity index (χ4v) is 3.89. The number of nitrogens with zero attached hydrogens (tertiary/aromatic N) is 3. The van der Waals surface area contributed by atoms with E-state index in [0.717, 1.165) is 31.6 Å². The molecule has 0 radical (unpaired) electrons. The van der Waals surface area contributed by atoms with Gasteiger partial charge in [-0.2, -0.15) is 0 Å². The van der Waals surface area contributed by atoms with Gasteiger partial charge in [0, 0.05) is 50.9 Å². The van der Waals surface area contributed by atoms with Gasteiger partial charge in [-0.3, -0.25) is 14.4 Å². The average molecular weight is 370 g/mol. The minimum absolute atomic E-state index is 0.0385. The highest BCUT2D eigenvalue weighted by molar-refractivity contribution is 5.94. The number of amides is 3. The zero-order chi connectivity index (χ0) is 18.8. The molecular weight excluding hydrogens is 344 g/mol. The average Bonchev–Trinajstić information content (AvgIpc) is 3.55.